The monoisotopic (exact) mass is 867 g/mol. The molecule has 2 bridgehead atoms. The number of aromatic amines is 1. The standard InChI is InChI=1S/C47H54ClN5O7S/c1-44(2)11-9-34(39(23-44)45-28-46(48,29-45)30-45)25-51-15-17-52(18-16-51)35-6-8-38(42(20-35)60-36-19-33-10-14-49-43(33)50-24-36)41(54)27-61(57,58)37-7-5-32(40(21-37)53(55)56)4-3-31-22-47(12-13-47)59-26-31/h5-8,10,14,19-21,24,31H,3-4,9,11-13,15-18,22-23,25-30H2,1-2H3,(H,49,50). The van der Waals surface area contributed by atoms with Gasteiger partial charge in [-0.05, 0) is 118 Å². The summed E-state index contributed by atoms with van der Waals surface area (Å²) in [5, 5.41) is 13.0. The van der Waals surface area contributed by atoms with Gasteiger partial charge in [-0.3, -0.25) is 19.8 Å². The van der Waals surface area contributed by atoms with Crippen LogP contribution in [-0.2, 0) is 21.0 Å². The van der Waals surface area contributed by atoms with Crippen LogP contribution in [0.4, 0.5) is 11.4 Å². The number of ether oxygens (including phenoxy) is 2. The van der Waals surface area contributed by atoms with Crippen molar-refractivity contribution in [2.24, 2.45) is 16.7 Å². The Bertz CT molecular complexity index is 2550. The largest absolute Gasteiger partial charge is 0.455 e. The van der Waals surface area contributed by atoms with Gasteiger partial charge >= 0.3 is 0 Å². The molecule has 2 aliphatic heterocycles. The fraction of sp³-hybridized carbons (Fsp3) is 0.532. The van der Waals surface area contributed by atoms with Crippen LogP contribution in [-0.4, -0.2) is 89.6 Å². The van der Waals surface area contributed by atoms with E-state index in [0.29, 0.717) is 46.7 Å². The molecule has 0 radical (unpaired) electrons. The predicted molar refractivity (Wildman–Crippen MR) is 235 cm³/mol. The van der Waals surface area contributed by atoms with E-state index in [1.807, 2.05) is 24.3 Å². The lowest BCUT2D eigenvalue weighted by molar-refractivity contribution is -0.385. The summed E-state index contributed by atoms with van der Waals surface area (Å²) in [5.74, 6) is -0.609. The number of nitro benzene ring substituents is 1. The van der Waals surface area contributed by atoms with Gasteiger partial charge in [-0.1, -0.05) is 31.1 Å². The molecule has 14 heteroatoms. The molecule has 4 heterocycles. The van der Waals surface area contributed by atoms with Crippen LogP contribution < -0.4 is 9.64 Å². The summed E-state index contributed by atoms with van der Waals surface area (Å²) in [7, 11) is -4.27. The van der Waals surface area contributed by atoms with Gasteiger partial charge in [-0.2, -0.15) is 0 Å². The van der Waals surface area contributed by atoms with Crippen LogP contribution in [0, 0.1) is 26.9 Å². The number of hydrogen-bond acceptors (Lipinski definition) is 10. The number of carbonyl (C=O) groups is 1. The molecule has 11 rings (SSSR count). The highest BCUT2D eigenvalue weighted by Gasteiger charge is 2.69. The van der Waals surface area contributed by atoms with E-state index in [0.717, 1.165) is 101 Å². The molecule has 1 N–H and O–H groups in total. The number of hydrogen-bond donors (Lipinski definition) is 1. The predicted octanol–water partition coefficient (Wildman–Crippen LogP) is 9.21. The third-order valence-electron chi connectivity index (χ3n) is 14.7. The number of pyridine rings is 1. The van der Waals surface area contributed by atoms with Gasteiger partial charge in [0.2, 0.25) is 0 Å². The number of piperazine rings is 1. The fourth-order valence-corrected chi connectivity index (χ4v) is 13.0. The first-order valence-corrected chi connectivity index (χ1v) is 23.9. The van der Waals surface area contributed by atoms with Crippen LogP contribution in [0.5, 0.6) is 11.5 Å². The Balaban J connectivity index is 0.856. The minimum atomic E-state index is -4.27. The number of sulfone groups is 1. The van der Waals surface area contributed by atoms with Gasteiger partial charge < -0.3 is 19.4 Å². The van der Waals surface area contributed by atoms with Crippen molar-refractivity contribution in [3.63, 3.8) is 0 Å². The number of H-pyrrole nitrogens is 1. The number of anilines is 1. The Hall–Kier alpha value is -4.30. The summed E-state index contributed by atoms with van der Waals surface area (Å²) < 4.78 is 40.0. The molecule has 6 fully saturated rings. The lowest BCUT2D eigenvalue weighted by Gasteiger charge is -2.70. The normalized spacial score (nSPS) is 26.6. The number of ketones is 1. The lowest BCUT2D eigenvalue weighted by Crippen LogP contribution is -2.65. The second-order valence-corrected chi connectivity index (χ2v) is 22.6. The van der Waals surface area contributed by atoms with E-state index in [1.54, 1.807) is 29.6 Å². The molecule has 61 heavy (non-hydrogen) atoms. The summed E-state index contributed by atoms with van der Waals surface area (Å²) in [6, 6.07) is 13.0. The summed E-state index contributed by atoms with van der Waals surface area (Å²) in [6.45, 7) is 9.78. The van der Waals surface area contributed by atoms with Crippen LogP contribution in [0.1, 0.15) is 94.0 Å². The minimum Gasteiger partial charge on any atom is -0.455 e. The van der Waals surface area contributed by atoms with E-state index >= 15 is 0 Å². The van der Waals surface area contributed by atoms with Crippen molar-refractivity contribution in [2.45, 2.75) is 99.8 Å². The highest BCUT2D eigenvalue weighted by atomic mass is 35.5. The van der Waals surface area contributed by atoms with Crippen LogP contribution >= 0.6 is 11.6 Å². The topological polar surface area (TPSA) is 148 Å². The molecule has 322 valence electrons. The Morgan fingerprint density at radius 1 is 1.05 bits per heavy atom. The Morgan fingerprint density at radius 3 is 2.56 bits per heavy atom. The first kappa shape index (κ1) is 40.8. The smallest absolute Gasteiger partial charge is 0.273 e. The van der Waals surface area contributed by atoms with Gasteiger partial charge in [0.05, 0.1) is 33.8 Å². The number of nitrogens with one attached hydrogen (secondary N) is 1. The fourth-order valence-electron chi connectivity index (χ4n) is 11.0. The zero-order chi connectivity index (χ0) is 42.4. The molecule has 1 atom stereocenters. The molecule has 2 saturated heterocycles. The summed E-state index contributed by atoms with van der Waals surface area (Å²) in [5.41, 5.74) is 5.87. The Labute approximate surface area is 362 Å². The molecule has 2 aromatic carbocycles. The van der Waals surface area contributed by atoms with Crippen molar-refractivity contribution < 1.29 is 27.6 Å². The van der Waals surface area contributed by atoms with Gasteiger partial charge in [0, 0.05) is 72.6 Å². The molecule has 4 saturated carbocycles. The highest BCUT2D eigenvalue weighted by Crippen LogP contribution is 2.75. The van der Waals surface area contributed by atoms with Crippen LogP contribution in [0.15, 0.2) is 77.0 Å². The van der Waals surface area contributed by atoms with Gasteiger partial charge in [0.25, 0.3) is 5.69 Å². The van der Waals surface area contributed by atoms with E-state index in [4.69, 9.17) is 21.1 Å². The number of fused-ring (bicyclic) bond motifs is 1. The van der Waals surface area contributed by atoms with Gasteiger partial charge in [-0.15, -0.1) is 11.6 Å². The van der Waals surface area contributed by atoms with Crippen molar-refractivity contribution >= 4 is 49.6 Å². The number of aryl methyl sites for hydroxylation is 1. The zero-order valence-corrected chi connectivity index (χ0v) is 36.6. The van der Waals surface area contributed by atoms with Gasteiger partial charge in [0.1, 0.15) is 22.9 Å². The van der Waals surface area contributed by atoms with E-state index in [1.165, 1.54) is 25.0 Å². The maximum Gasteiger partial charge on any atom is 0.273 e. The average Bonchev–Trinajstić information content (AvgIpc) is 3.59. The number of alkyl halides is 1. The van der Waals surface area contributed by atoms with Gasteiger partial charge in [-0.25, -0.2) is 13.4 Å². The summed E-state index contributed by atoms with van der Waals surface area (Å²) in [4.78, 5) is 37.9. The average molecular weight is 868 g/mol. The number of nitrogens with zero attached hydrogens (tertiary/aromatic N) is 4. The Morgan fingerprint density at radius 2 is 1.84 bits per heavy atom. The van der Waals surface area contributed by atoms with Crippen molar-refractivity contribution in [1.29, 1.82) is 0 Å². The van der Waals surface area contributed by atoms with E-state index in [9.17, 15) is 23.3 Å². The summed E-state index contributed by atoms with van der Waals surface area (Å²) >= 11 is 6.75. The van der Waals surface area contributed by atoms with Crippen molar-refractivity contribution in [2.75, 3.05) is 50.0 Å². The molecular weight excluding hydrogens is 814 g/mol. The zero-order valence-electron chi connectivity index (χ0n) is 35.0. The SMILES string of the molecule is CC1(C)CCC(CN2CCN(c3ccc(C(=O)CS(=O)(=O)c4ccc(CCC5COC6(CC6)C5)c([N+](=O)[O-])c4)c(Oc4cnc5[nH]ccc5c4)c3)CC2)=C(C23CC(Cl)(C2)C3)C1. The second-order valence-electron chi connectivity index (χ2n) is 19.8. The first-order chi connectivity index (χ1) is 29.1. The molecule has 7 aliphatic rings. The van der Waals surface area contributed by atoms with E-state index in [-0.39, 0.29) is 32.4 Å². The molecule has 1 spiro atoms. The molecular formula is C47H54ClN5O7S. The number of benzene rings is 2. The van der Waals surface area contributed by atoms with Crippen LogP contribution in [0.25, 0.3) is 11.0 Å². The molecule has 4 aromatic rings. The number of Topliss-reactive ketones (excluding diaryl/α,β-unsaturated/α-hetero) is 1. The van der Waals surface area contributed by atoms with Crippen LogP contribution in [0.3, 0.4) is 0 Å². The van der Waals surface area contributed by atoms with E-state index < -0.39 is 26.3 Å². The quantitative estimate of drug-likeness (QED) is 0.0428. The second kappa shape index (κ2) is 14.9. The maximum absolute atomic E-state index is 14.1. The number of nitro groups is 1. The number of aromatic nitrogens is 2. The van der Waals surface area contributed by atoms with Gasteiger partial charge in [0.15, 0.2) is 15.6 Å². The summed E-state index contributed by atoms with van der Waals surface area (Å²) in [6.07, 6.45) is 14.5. The third-order valence-corrected chi connectivity index (χ3v) is 16.7. The maximum atomic E-state index is 14.1. The molecule has 0 amide bonds. The molecule has 2 aromatic heterocycles. The van der Waals surface area contributed by atoms with Crippen molar-refractivity contribution in [1.82, 2.24) is 14.9 Å². The molecule has 1 unspecified atom stereocenters. The Kier molecular flexibility index (Phi) is 9.97. The van der Waals surface area contributed by atoms with Crippen molar-refractivity contribution in [3.05, 3.63) is 93.3 Å². The number of rotatable bonds is 14. The molecule has 5 aliphatic carbocycles. The highest BCUT2D eigenvalue weighted by molar-refractivity contribution is 7.92. The lowest BCUT2D eigenvalue weighted by atomic mass is 9.39. The van der Waals surface area contributed by atoms with Crippen LogP contribution in [0.2, 0.25) is 0 Å². The van der Waals surface area contributed by atoms with E-state index in [2.05, 4.69) is 33.6 Å². The first-order valence-electron chi connectivity index (χ1n) is 21.9. The third kappa shape index (κ3) is 8.00. The number of allylic oxidation sites excluding steroid dienone is 1. The number of halogens is 1. The number of carbonyl (C=O) groups excluding carboxylic acids is 1. The van der Waals surface area contributed by atoms with Crippen molar-refractivity contribution in [3.8, 4) is 11.5 Å². The minimum absolute atomic E-state index is 0.0222. The molecule has 12 nitrogen and oxygen atoms in total.